The molecule has 3 heteroatoms. The van der Waals surface area contributed by atoms with Crippen molar-refractivity contribution in [1.82, 2.24) is 0 Å². The van der Waals surface area contributed by atoms with Gasteiger partial charge in [-0.2, -0.15) is 0 Å². The molecule has 0 aliphatic rings. The van der Waals surface area contributed by atoms with Gasteiger partial charge in [-0.15, -0.1) is 0 Å². The number of ether oxygens (including phenoxy) is 1. The minimum Gasteiger partial charge on any atom is -0.493 e. The summed E-state index contributed by atoms with van der Waals surface area (Å²) in [6.07, 6.45) is 2.00. The van der Waals surface area contributed by atoms with Crippen LogP contribution in [-0.4, -0.2) is 13.2 Å². The average Bonchev–Trinajstić information content (AvgIpc) is 2.31. The lowest BCUT2D eigenvalue weighted by molar-refractivity contribution is 0.331. The highest BCUT2D eigenvalue weighted by molar-refractivity contribution is 6.31. The van der Waals surface area contributed by atoms with Gasteiger partial charge in [-0.1, -0.05) is 18.5 Å². The fourth-order valence-electron chi connectivity index (χ4n) is 2.24. The molecule has 0 aromatic heterocycles. The molecule has 18 heavy (non-hydrogen) atoms. The molecule has 102 valence electrons. The van der Waals surface area contributed by atoms with E-state index in [-0.39, 0.29) is 0 Å². The van der Waals surface area contributed by atoms with E-state index in [2.05, 4.69) is 13.8 Å². The summed E-state index contributed by atoms with van der Waals surface area (Å²) in [7, 11) is 0. The molecule has 0 bridgehead atoms. The Morgan fingerprint density at radius 1 is 1.39 bits per heavy atom. The fraction of sp³-hybridized carbons (Fsp3) is 0.600. The van der Waals surface area contributed by atoms with E-state index in [0.29, 0.717) is 12.5 Å². The van der Waals surface area contributed by atoms with Crippen LogP contribution in [0.1, 0.15) is 37.0 Å². The topological polar surface area (TPSA) is 35.2 Å². The van der Waals surface area contributed by atoms with Crippen LogP contribution in [-0.2, 0) is 6.42 Å². The molecular weight excluding hydrogens is 246 g/mol. The maximum atomic E-state index is 6.27. The van der Waals surface area contributed by atoms with E-state index in [0.717, 1.165) is 41.3 Å². The third-order valence-corrected chi connectivity index (χ3v) is 3.68. The maximum absolute atomic E-state index is 6.27. The average molecular weight is 270 g/mol. The molecule has 0 aliphatic carbocycles. The number of aryl methyl sites for hydroxylation is 1. The first-order valence-corrected chi connectivity index (χ1v) is 7.00. The maximum Gasteiger partial charge on any atom is 0.125 e. The van der Waals surface area contributed by atoms with E-state index in [9.17, 15) is 0 Å². The molecule has 0 aliphatic heterocycles. The van der Waals surface area contributed by atoms with Crippen LogP contribution in [0, 0.1) is 19.8 Å². The normalized spacial score (nSPS) is 12.6. The van der Waals surface area contributed by atoms with Crippen LogP contribution in [0.5, 0.6) is 5.75 Å². The molecule has 1 rings (SSSR count). The second-order valence-corrected chi connectivity index (χ2v) is 5.33. The molecule has 0 saturated carbocycles. The molecule has 1 aromatic rings. The standard InChI is InChI=1S/C15H24ClNO/c1-5-18-15-11(3)9-14(16)12(4)13(15)8-10(2)6-7-17/h9-10H,5-8,17H2,1-4H3. The monoisotopic (exact) mass is 269 g/mol. The number of hydrogen-bond acceptors (Lipinski definition) is 2. The third kappa shape index (κ3) is 3.63. The van der Waals surface area contributed by atoms with E-state index >= 15 is 0 Å². The quantitative estimate of drug-likeness (QED) is 0.851. The molecule has 1 unspecified atom stereocenters. The van der Waals surface area contributed by atoms with Gasteiger partial charge < -0.3 is 10.5 Å². The van der Waals surface area contributed by atoms with E-state index in [1.165, 1.54) is 5.56 Å². The molecule has 2 nitrogen and oxygen atoms in total. The zero-order valence-electron chi connectivity index (χ0n) is 11.8. The predicted octanol–water partition coefficient (Wildman–Crippen LogP) is 3.88. The van der Waals surface area contributed by atoms with Crippen molar-refractivity contribution in [3.63, 3.8) is 0 Å². The summed E-state index contributed by atoms with van der Waals surface area (Å²) in [6.45, 7) is 9.75. The molecule has 0 amide bonds. The summed E-state index contributed by atoms with van der Waals surface area (Å²) in [4.78, 5) is 0. The fourth-order valence-corrected chi connectivity index (χ4v) is 2.52. The molecule has 1 aromatic carbocycles. The lowest BCUT2D eigenvalue weighted by atomic mass is 9.93. The van der Waals surface area contributed by atoms with Crippen molar-refractivity contribution in [3.8, 4) is 5.75 Å². The molecule has 0 saturated heterocycles. The summed E-state index contributed by atoms with van der Waals surface area (Å²) in [5.74, 6) is 1.55. The van der Waals surface area contributed by atoms with E-state index in [1.807, 2.05) is 19.9 Å². The van der Waals surface area contributed by atoms with Gasteiger partial charge in [0, 0.05) is 5.02 Å². The molecule has 0 heterocycles. The third-order valence-electron chi connectivity index (χ3n) is 3.29. The highest BCUT2D eigenvalue weighted by atomic mass is 35.5. The molecular formula is C15H24ClNO. The van der Waals surface area contributed by atoms with Gasteiger partial charge in [0.05, 0.1) is 6.61 Å². The number of benzene rings is 1. The van der Waals surface area contributed by atoms with Crippen molar-refractivity contribution >= 4 is 11.6 Å². The highest BCUT2D eigenvalue weighted by Gasteiger charge is 2.16. The van der Waals surface area contributed by atoms with Crippen LogP contribution in [0.2, 0.25) is 5.02 Å². The van der Waals surface area contributed by atoms with Crippen molar-refractivity contribution in [2.24, 2.45) is 11.7 Å². The van der Waals surface area contributed by atoms with Crippen LogP contribution in [0.3, 0.4) is 0 Å². The van der Waals surface area contributed by atoms with Crippen LogP contribution in [0.4, 0.5) is 0 Å². The first kappa shape index (κ1) is 15.3. The zero-order chi connectivity index (χ0) is 13.7. The molecule has 0 radical (unpaired) electrons. The predicted molar refractivity (Wildman–Crippen MR) is 78.6 cm³/mol. The molecule has 2 N–H and O–H groups in total. The van der Waals surface area contributed by atoms with Crippen LogP contribution < -0.4 is 10.5 Å². The first-order valence-electron chi connectivity index (χ1n) is 6.62. The van der Waals surface area contributed by atoms with Crippen molar-refractivity contribution < 1.29 is 4.74 Å². The van der Waals surface area contributed by atoms with Gasteiger partial charge in [0.2, 0.25) is 0 Å². The smallest absolute Gasteiger partial charge is 0.125 e. The largest absolute Gasteiger partial charge is 0.493 e. The first-order chi connectivity index (χ1) is 8.51. The van der Waals surface area contributed by atoms with Crippen LogP contribution >= 0.6 is 11.6 Å². The lowest BCUT2D eigenvalue weighted by Gasteiger charge is -2.19. The van der Waals surface area contributed by atoms with E-state index in [4.69, 9.17) is 22.1 Å². The number of rotatable bonds is 6. The van der Waals surface area contributed by atoms with Gasteiger partial charge >= 0.3 is 0 Å². The summed E-state index contributed by atoms with van der Waals surface area (Å²) in [5.41, 5.74) is 9.11. The van der Waals surface area contributed by atoms with Gasteiger partial charge in [-0.25, -0.2) is 0 Å². The van der Waals surface area contributed by atoms with Crippen molar-refractivity contribution in [3.05, 3.63) is 27.8 Å². The number of hydrogen-bond donors (Lipinski definition) is 1. The van der Waals surface area contributed by atoms with Gasteiger partial charge in [-0.05, 0) is 68.8 Å². The Bertz CT molecular complexity index is 404. The van der Waals surface area contributed by atoms with E-state index in [1.54, 1.807) is 0 Å². The number of halogens is 1. The molecule has 0 fully saturated rings. The minimum absolute atomic E-state index is 0.547. The molecule has 1 atom stereocenters. The zero-order valence-corrected chi connectivity index (χ0v) is 12.6. The van der Waals surface area contributed by atoms with Gasteiger partial charge in [-0.3, -0.25) is 0 Å². The highest BCUT2D eigenvalue weighted by Crippen LogP contribution is 2.34. The Morgan fingerprint density at radius 2 is 2.06 bits per heavy atom. The van der Waals surface area contributed by atoms with Crippen molar-refractivity contribution in [2.45, 2.75) is 40.5 Å². The minimum atomic E-state index is 0.547. The summed E-state index contributed by atoms with van der Waals surface area (Å²) in [6, 6.07) is 1.99. The Morgan fingerprint density at radius 3 is 2.61 bits per heavy atom. The lowest BCUT2D eigenvalue weighted by Crippen LogP contribution is -2.11. The van der Waals surface area contributed by atoms with Crippen LogP contribution in [0.15, 0.2) is 6.07 Å². The Labute approximate surface area is 115 Å². The second kappa shape index (κ2) is 7.01. The van der Waals surface area contributed by atoms with Crippen LogP contribution in [0.25, 0.3) is 0 Å². The van der Waals surface area contributed by atoms with Gasteiger partial charge in [0.1, 0.15) is 5.75 Å². The van der Waals surface area contributed by atoms with Gasteiger partial charge in [0.15, 0.2) is 0 Å². The summed E-state index contributed by atoms with van der Waals surface area (Å²) < 4.78 is 5.79. The Hall–Kier alpha value is -0.730. The SMILES string of the molecule is CCOc1c(C)cc(Cl)c(C)c1CC(C)CCN. The van der Waals surface area contributed by atoms with Crippen molar-refractivity contribution in [2.75, 3.05) is 13.2 Å². The molecule has 0 spiro atoms. The Kier molecular flexibility index (Phi) is 5.97. The Balaban J connectivity index is 3.12. The number of nitrogens with two attached hydrogens (primary N) is 1. The summed E-state index contributed by atoms with van der Waals surface area (Å²) >= 11 is 6.27. The van der Waals surface area contributed by atoms with Crippen molar-refractivity contribution in [1.29, 1.82) is 0 Å². The summed E-state index contributed by atoms with van der Waals surface area (Å²) in [5, 5.41) is 0.825. The second-order valence-electron chi connectivity index (χ2n) is 4.93. The van der Waals surface area contributed by atoms with Gasteiger partial charge in [0.25, 0.3) is 0 Å². The van der Waals surface area contributed by atoms with E-state index < -0.39 is 0 Å².